The lowest BCUT2D eigenvalue weighted by Crippen LogP contribution is -2.11. The van der Waals surface area contributed by atoms with E-state index in [1.165, 1.54) is 24.4 Å². The van der Waals surface area contributed by atoms with Crippen LogP contribution in [-0.4, -0.2) is 29.7 Å². The molecule has 0 unspecified atom stereocenters. The van der Waals surface area contributed by atoms with Gasteiger partial charge in [0.2, 0.25) is 0 Å². The van der Waals surface area contributed by atoms with Gasteiger partial charge in [0, 0.05) is 6.07 Å². The number of anilines is 1. The van der Waals surface area contributed by atoms with Crippen LogP contribution < -0.4 is 4.72 Å². The van der Waals surface area contributed by atoms with Crippen molar-refractivity contribution in [3.8, 4) is 0 Å². The molecule has 0 atom stereocenters. The van der Waals surface area contributed by atoms with E-state index in [9.17, 15) is 13.2 Å². The van der Waals surface area contributed by atoms with E-state index in [0.29, 0.717) is 11.3 Å². The predicted molar refractivity (Wildman–Crippen MR) is 60.7 cm³/mol. The van der Waals surface area contributed by atoms with E-state index < -0.39 is 16.0 Å². The van der Waals surface area contributed by atoms with Gasteiger partial charge in [-0.1, -0.05) is 0 Å². The number of carboxylic acid groups (broad SMARTS) is 1. The molecule has 0 bridgehead atoms. The molecule has 17 heavy (non-hydrogen) atoms. The van der Waals surface area contributed by atoms with Crippen LogP contribution in [0.3, 0.4) is 0 Å². The van der Waals surface area contributed by atoms with Crippen molar-refractivity contribution >= 4 is 33.1 Å². The maximum absolute atomic E-state index is 11.8. The van der Waals surface area contributed by atoms with Gasteiger partial charge in [-0.2, -0.15) is 5.10 Å². The summed E-state index contributed by atoms with van der Waals surface area (Å²) in [6.45, 7) is 0. The SMILES string of the molecule is O=C(O)c1ccc(S(=O)(=O)Nc2ccn[nH]2)s1. The molecule has 0 spiro atoms. The molecule has 2 aromatic heterocycles. The van der Waals surface area contributed by atoms with Gasteiger partial charge in [-0.3, -0.25) is 9.82 Å². The molecule has 0 saturated carbocycles. The number of carboxylic acids is 1. The third-order valence-corrected chi connectivity index (χ3v) is 4.73. The van der Waals surface area contributed by atoms with Crippen LogP contribution in [0.1, 0.15) is 9.67 Å². The van der Waals surface area contributed by atoms with Gasteiger partial charge in [0.15, 0.2) is 0 Å². The standard InChI is InChI=1S/C8H7N3O4S2/c12-8(13)5-1-2-7(16-5)17(14,15)11-6-3-4-9-10-6/h1-4H,(H,12,13)(H2,9,10,11). The number of aromatic nitrogens is 2. The summed E-state index contributed by atoms with van der Waals surface area (Å²) in [6.07, 6.45) is 1.40. The van der Waals surface area contributed by atoms with Gasteiger partial charge in [0.25, 0.3) is 10.0 Å². The van der Waals surface area contributed by atoms with Crippen molar-refractivity contribution in [3.63, 3.8) is 0 Å². The molecule has 0 aromatic carbocycles. The number of carbonyl (C=O) groups is 1. The predicted octanol–water partition coefficient (Wildman–Crippen LogP) is 0.970. The minimum atomic E-state index is -3.76. The number of rotatable bonds is 4. The zero-order chi connectivity index (χ0) is 12.5. The molecule has 2 aromatic rings. The van der Waals surface area contributed by atoms with Crippen molar-refractivity contribution < 1.29 is 18.3 Å². The number of nitrogens with one attached hydrogen (secondary N) is 2. The monoisotopic (exact) mass is 273 g/mol. The Bertz CT molecular complexity index is 630. The molecule has 0 aliphatic carbocycles. The summed E-state index contributed by atoms with van der Waals surface area (Å²) in [5.74, 6) is -0.937. The second kappa shape index (κ2) is 4.18. The Kier molecular flexibility index (Phi) is 2.86. The number of nitrogens with zero attached hydrogens (tertiary/aromatic N) is 1. The zero-order valence-corrected chi connectivity index (χ0v) is 9.88. The largest absolute Gasteiger partial charge is 0.477 e. The number of hydrogen-bond donors (Lipinski definition) is 3. The van der Waals surface area contributed by atoms with E-state index in [0.717, 1.165) is 0 Å². The summed E-state index contributed by atoms with van der Waals surface area (Å²) in [6, 6.07) is 3.94. The summed E-state index contributed by atoms with van der Waals surface area (Å²) >= 11 is 0.685. The van der Waals surface area contributed by atoms with E-state index in [2.05, 4.69) is 14.9 Å². The minimum absolute atomic E-state index is 0.0324. The topological polar surface area (TPSA) is 112 Å². The average molecular weight is 273 g/mol. The highest BCUT2D eigenvalue weighted by molar-refractivity contribution is 7.94. The van der Waals surface area contributed by atoms with E-state index in [1.807, 2.05) is 0 Å². The third-order valence-electron chi connectivity index (χ3n) is 1.80. The fraction of sp³-hybridized carbons (Fsp3) is 0. The summed E-state index contributed by atoms with van der Waals surface area (Å²) < 4.78 is 25.8. The molecule has 0 aliphatic rings. The molecule has 90 valence electrons. The van der Waals surface area contributed by atoms with Gasteiger partial charge in [0.05, 0.1) is 6.20 Å². The molecule has 0 radical (unpaired) electrons. The highest BCUT2D eigenvalue weighted by Crippen LogP contribution is 2.23. The smallest absolute Gasteiger partial charge is 0.345 e. The second-order valence-electron chi connectivity index (χ2n) is 3.00. The Labute approximate surface area is 100 Å². The third kappa shape index (κ3) is 2.45. The lowest BCUT2D eigenvalue weighted by molar-refractivity contribution is 0.0702. The quantitative estimate of drug-likeness (QED) is 0.768. The van der Waals surface area contributed by atoms with E-state index in [1.54, 1.807) is 0 Å². The van der Waals surface area contributed by atoms with Crippen LogP contribution in [0.25, 0.3) is 0 Å². The van der Waals surface area contributed by atoms with Gasteiger partial charge in [-0.05, 0) is 12.1 Å². The molecule has 3 N–H and O–H groups in total. The molecular weight excluding hydrogens is 266 g/mol. The van der Waals surface area contributed by atoms with Gasteiger partial charge in [0.1, 0.15) is 14.9 Å². The lowest BCUT2D eigenvalue weighted by atomic mass is 10.5. The number of aromatic amines is 1. The van der Waals surface area contributed by atoms with Crippen molar-refractivity contribution in [2.75, 3.05) is 4.72 Å². The fourth-order valence-corrected chi connectivity index (χ4v) is 3.25. The first-order valence-corrected chi connectivity index (χ1v) is 6.64. The van der Waals surface area contributed by atoms with E-state index in [4.69, 9.17) is 5.11 Å². The maximum Gasteiger partial charge on any atom is 0.345 e. The van der Waals surface area contributed by atoms with E-state index >= 15 is 0 Å². The van der Waals surface area contributed by atoms with Crippen molar-refractivity contribution in [1.29, 1.82) is 0 Å². The number of aromatic carboxylic acids is 1. The Morgan fingerprint density at radius 2 is 2.18 bits per heavy atom. The molecule has 2 heterocycles. The molecule has 0 aliphatic heterocycles. The van der Waals surface area contributed by atoms with Crippen LogP contribution >= 0.6 is 11.3 Å². The van der Waals surface area contributed by atoms with Crippen LogP contribution in [0.5, 0.6) is 0 Å². The summed E-state index contributed by atoms with van der Waals surface area (Å²) in [7, 11) is -3.76. The average Bonchev–Trinajstić information content (AvgIpc) is 2.84. The van der Waals surface area contributed by atoms with Crippen molar-refractivity contribution in [3.05, 3.63) is 29.3 Å². The highest BCUT2D eigenvalue weighted by atomic mass is 32.2. The Hall–Kier alpha value is -1.87. The summed E-state index contributed by atoms with van der Waals surface area (Å²) in [5.41, 5.74) is 0. The van der Waals surface area contributed by atoms with Gasteiger partial charge >= 0.3 is 5.97 Å². The fourth-order valence-electron chi connectivity index (χ4n) is 1.09. The van der Waals surface area contributed by atoms with Gasteiger partial charge in [-0.25, -0.2) is 13.2 Å². The first kappa shape index (κ1) is 11.6. The van der Waals surface area contributed by atoms with Gasteiger partial charge < -0.3 is 5.11 Å². The van der Waals surface area contributed by atoms with E-state index in [-0.39, 0.29) is 14.9 Å². The van der Waals surface area contributed by atoms with Crippen LogP contribution in [0, 0.1) is 0 Å². The van der Waals surface area contributed by atoms with Crippen molar-refractivity contribution in [2.24, 2.45) is 0 Å². The molecule has 9 heteroatoms. The minimum Gasteiger partial charge on any atom is -0.477 e. The van der Waals surface area contributed by atoms with Crippen LogP contribution in [-0.2, 0) is 10.0 Å². The van der Waals surface area contributed by atoms with Crippen molar-refractivity contribution in [1.82, 2.24) is 10.2 Å². The first-order valence-electron chi connectivity index (χ1n) is 4.34. The normalized spacial score (nSPS) is 11.3. The Morgan fingerprint density at radius 3 is 2.71 bits per heavy atom. The molecule has 0 amide bonds. The van der Waals surface area contributed by atoms with Gasteiger partial charge in [-0.15, -0.1) is 11.3 Å². The molecule has 0 saturated heterocycles. The summed E-state index contributed by atoms with van der Waals surface area (Å²) in [4.78, 5) is 10.6. The Morgan fingerprint density at radius 1 is 1.41 bits per heavy atom. The maximum atomic E-state index is 11.8. The Balaban J connectivity index is 2.28. The number of thiophene rings is 1. The zero-order valence-electron chi connectivity index (χ0n) is 8.25. The van der Waals surface area contributed by atoms with Crippen LogP contribution in [0.4, 0.5) is 5.82 Å². The number of sulfonamides is 1. The second-order valence-corrected chi connectivity index (χ2v) is 5.99. The first-order chi connectivity index (χ1) is 7.99. The number of hydrogen-bond acceptors (Lipinski definition) is 5. The molecule has 0 fully saturated rings. The van der Waals surface area contributed by atoms with Crippen molar-refractivity contribution in [2.45, 2.75) is 4.21 Å². The lowest BCUT2D eigenvalue weighted by Gasteiger charge is -2.01. The number of H-pyrrole nitrogens is 1. The summed E-state index contributed by atoms with van der Waals surface area (Å²) in [5, 5.41) is 14.7. The highest BCUT2D eigenvalue weighted by Gasteiger charge is 2.19. The molecule has 2 rings (SSSR count). The molecular formula is C8H7N3O4S2. The van der Waals surface area contributed by atoms with Crippen LogP contribution in [0.2, 0.25) is 0 Å². The van der Waals surface area contributed by atoms with Crippen LogP contribution in [0.15, 0.2) is 28.6 Å². The molecule has 7 nitrogen and oxygen atoms in total.